The molecule has 2 aromatic carbocycles. The third-order valence-corrected chi connectivity index (χ3v) is 5.02. The van der Waals surface area contributed by atoms with Crippen LogP contribution in [0, 0.1) is 6.92 Å². The molecular weight excluding hydrogens is 324 g/mol. The number of benzene rings is 2. The van der Waals surface area contributed by atoms with Gasteiger partial charge in [0.05, 0.1) is 11.1 Å². The molecule has 0 aromatic heterocycles. The molecule has 128 valence electrons. The number of phenolic OH excluding ortho intramolecular Hbond substituents is 1. The molecule has 2 rings (SSSR count). The molecular formula is C18H22N2O3S. The van der Waals surface area contributed by atoms with Crippen molar-refractivity contribution >= 4 is 16.2 Å². The molecule has 0 saturated heterocycles. The van der Waals surface area contributed by atoms with Crippen molar-refractivity contribution in [3.05, 3.63) is 59.2 Å². The van der Waals surface area contributed by atoms with Crippen molar-refractivity contribution < 1.29 is 13.5 Å². The Bertz CT molecular complexity index is 866. The van der Waals surface area contributed by atoms with Crippen LogP contribution in [0.1, 0.15) is 37.5 Å². The molecule has 0 unspecified atom stereocenters. The van der Waals surface area contributed by atoms with Crippen LogP contribution in [0.4, 0.5) is 0 Å². The van der Waals surface area contributed by atoms with Crippen LogP contribution in [0.3, 0.4) is 0 Å². The number of rotatable bonds is 4. The van der Waals surface area contributed by atoms with Crippen LogP contribution in [-0.4, -0.2) is 19.7 Å². The topological polar surface area (TPSA) is 78.8 Å². The van der Waals surface area contributed by atoms with E-state index in [-0.39, 0.29) is 16.1 Å². The Morgan fingerprint density at radius 1 is 1.12 bits per heavy atom. The Labute approximate surface area is 143 Å². The van der Waals surface area contributed by atoms with Crippen LogP contribution in [0.15, 0.2) is 52.5 Å². The summed E-state index contributed by atoms with van der Waals surface area (Å²) >= 11 is 0. The molecule has 2 N–H and O–H groups in total. The largest absolute Gasteiger partial charge is 0.507 e. The van der Waals surface area contributed by atoms with E-state index in [2.05, 4.69) is 9.93 Å². The van der Waals surface area contributed by atoms with Gasteiger partial charge in [0.25, 0.3) is 10.0 Å². The summed E-state index contributed by atoms with van der Waals surface area (Å²) in [6.07, 6.45) is 1.27. The predicted molar refractivity (Wildman–Crippen MR) is 95.9 cm³/mol. The molecule has 5 nitrogen and oxygen atoms in total. The summed E-state index contributed by atoms with van der Waals surface area (Å²) in [6.45, 7) is 7.82. The van der Waals surface area contributed by atoms with Crippen molar-refractivity contribution in [1.82, 2.24) is 4.83 Å². The van der Waals surface area contributed by atoms with Gasteiger partial charge < -0.3 is 5.11 Å². The van der Waals surface area contributed by atoms with Gasteiger partial charge in [0.15, 0.2) is 0 Å². The number of sulfonamides is 1. The van der Waals surface area contributed by atoms with Gasteiger partial charge in [-0.25, -0.2) is 4.83 Å². The number of nitrogens with zero attached hydrogens (tertiary/aromatic N) is 1. The lowest BCUT2D eigenvalue weighted by molar-refractivity contribution is 0.474. The Balaban J connectivity index is 2.29. The number of hydrogen-bond acceptors (Lipinski definition) is 4. The lowest BCUT2D eigenvalue weighted by Gasteiger charge is -2.20. The maximum absolute atomic E-state index is 12.5. The van der Waals surface area contributed by atoms with Gasteiger partial charge in [-0.05, 0) is 41.7 Å². The predicted octanol–water partition coefficient (Wildman–Crippen LogP) is 3.31. The fourth-order valence-electron chi connectivity index (χ4n) is 2.17. The van der Waals surface area contributed by atoms with E-state index in [9.17, 15) is 13.5 Å². The zero-order valence-electron chi connectivity index (χ0n) is 14.2. The number of para-hydroxylation sites is 1. The third kappa shape index (κ3) is 4.14. The van der Waals surface area contributed by atoms with Gasteiger partial charge in [-0.1, -0.05) is 45.0 Å². The molecule has 0 spiro atoms. The fourth-order valence-corrected chi connectivity index (χ4v) is 3.23. The van der Waals surface area contributed by atoms with E-state index in [0.29, 0.717) is 11.1 Å². The summed E-state index contributed by atoms with van der Waals surface area (Å²) in [6, 6.07) is 11.9. The van der Waals surface area contributed by atoms with Crippen molar-refractivity contribution in [3.63, 3.8) is 0 Å². The van der Waals surface area contributed by atoms with E-state index >= 15 is 0 Å². The summed E-state index contributed by atoms with van der Waals surface area (Å²) in [5.74, 6) is 0.0337. The zero-order valence-corrected chi connectivity index (χ0v) is 15.1. The number of aryl methyl sites for hydroxylation is 1. The highest BCUT2D eigenvalue weighted by molar-refractivity contribution is 7.89. The first-order valence-corrected chi connectivity index (χ1v) is 9.03. The molecule has 0 fully saturated rings. The fraction of sp³-hybridized carbons (Fsp3) is 0.278. The SMILES string of the molecule is Cc1ccc(C(C)(C)C)cc1S(=O)(=O)N/N=C/c1ccccc1O. The third-order valence-electron chi connectivity index (χ3n) is 3.66. The average Bonchev–Trinajstić information content (AvgIpc) is 2.48. The van der Waals surface area contributed by atoms with Gasteiger partial charge in [-0.3, -0.25) is 0 Å². The second kappa shape index (κ2) is 6.65. The van der Waals surface area contributed by atoms with Crippen molar-refractivity contribution in [2.45, 2.75) is 38.0 Å². The van der Waals surface area contributed by atoms with Crippen molar-refractivity contribution in [2.75, 3.05) is 0 Å². The molecule has 0 heterocycles. The number of nitrogens with one attached hydrogen (secondary N) is 1. The first kappa shape index (κ1) is 18.0. The minimum atomic E-state index is -3.79. The summed E-state index contributed by atoms with van der Waals surface area (Å²) in [4.78, 5) is 2.40. The number of aromatic hydroxyl groups is 1. The Morgan fingerprint density at radius 2 is 1.79 bits per heavy atom. The lowest BCUT2D eigenvalue weighted by atomic mass is 9.87. The van der Waals surface area contributed by atoms with Crippen LogP contribution in [-0.2, 0) is 15.4 Å². The average molecular weight is 346 g/mol. The second-order valence-corrected chi connectivity index (χ2v) is 8.27. The molecule has 0 radical (unpaired) electrons. The molecule has 0 aliphatic carbocycles. The van der Waals surface area contributed by atoms with Gasteiger partial charge in [0.2, 0.25) is 0 Å². The summed E-state index contributed by atoms with van der Waals surface area (Å²) < 4.78 is 25.0. The van der Waals surface area contributed by atoms with Crippen LogP contribution in [0.25, 0.3) is 0 Å². The Morgan fingerprint density at radius 3 is 2.42 bits per heavy atom. The standard InChI is InChI=1S/C18H22N2O3S/c1-13-9-10-15(18(2,3)4)11-17(13)24(22,23)20-19-12-14-7-5-6-8-16(14)21/h5-12,20-21H,1-4H3/b19-12+. The van der Waals surface area contributed by atoms with Crippen molar-refractivity contribution in [2.24, 2.45) is 5.10 Å². The molecule has 0 bridgehead atoms. The maximum atomic E-state index is 12.5. The molecule has 0 aliphatic heterocycles. The minimum absolute atomic E-state index is 0.0337. The Hall–Kier alpha value is -2.34. The van der Waals surface area contributed by atoms with E-state index in [0.717, 1.165) is 5.56 Å². The van der Waals surface area contributed by atoms with E-state index in [4.69, 9.17) is 0 Å². The monoisotopic (exact) mass is 346 g/mol. The highest BCUT2D eigenvalue weighted by Gasteiger charge is 2.21. The first-order chi connectivity index (χ1) is 11.1. The van der Waals surface area contributed by atoms with E-state index in [1.165, 1.54) is 12.3 Å². The Kier molecular flexibility index (Phi) is 4.99. The van der Waals surface area contributed by atoms with Crippen LogP contribution < -0.4 is 4.83 Å². The van der Waals surface area contributed by atoms with E-state index < -0.39 is 10.0 Å². The zero-order chi connectivity index (χ0) is 18.0. The highest BCUT2D eigenvalue weighted by Crippen LogP contribution is 2.26. The van der Waals surface area contributed by atoms with Crippen molar-refractivity contribution in [3.8, 4) is 5.75 Å². The molecule has 6 heteroatoms. The van der Waals surface area contributed by atoms with E-state index in [1.54, 1.807) is 37.3 Å². The van der Waals surface area contributed by atoms with Crippen LogP contribution >= 0.6 is 0 Å². The first-order valence-electron chi connectivity index (χ1n) is 7.55. The van der Waals surface area contributed by atoms with Gasteiger partial charge >= 0.3 is 0 Å². The number of hydrogen-bond donors (Lipinski definition) is 2. The second-order valence-electron chi connectivity index (χ2n) is 6.64. The minimum Gasteiger partial charge on any atom is -0.507 e. The highest BCUT2D eigenvalue weighted by atomic mass is 32.2. The summed E-state index contributed by atoms with van der Waals surface area (Å²) in [5, 5.41) is 13.4. The number of phenols is 1. The molecule has 0 amide bonds. The normalized spacial score (nSPS) is 12.5. The van der Waals surface area contributed by atoms with E-state index in [1.807, 2.05) is 26.8 Å². The van der Waals surface area contributed by atoms with Crippen molar-refractivity contribution in [1.29, 1.82) is 0 Å². The smallest absolute Gasteiger partial charge is 0.276 e. The summed E-state index contributed by atoms with van der Waals surface area (Å²) in [5.41, 5.74) is 1.85. The number of hydrazone groups is 1. The quantitative estimate of drug-likeness (QED) is 0.658. The van der Waals surface area contributed by atoms with Gasteiger partial charge in [-0.15, -0.1) is 0 Å². The van der Waals surface area contributed by atoms with Crippen LogP contribution in [0.2, 0.25) is 0 Å². The van der Waals surface area contributed by atoms with Gasteiger partial charge in [-0.2, -0.15) is 13.5 Å². The van der Waals surface area contributed by atoms with Crippen LogP contribution in [0.5, 0.6) is 5.75 Å². The molecule has 24 heavy (non-hydrogen) atoms. The molecule has 0 saturated carbocycles. The lowest BCUT2D eigenvalue weighted by Crippen LogP contribution is -2.21. The summed E-state index contributed by atoms with van der Waals surface area (Å²) in [7, 11) is -3.79. The van der Waals surface area contributed by atoms with Gasteiger partial charge in [0, 0.05) is 5.56 Å². The van der Waals surface area contributed by atoms with Gasteiger partial charge in [0.1, 0.15) is 5.75 Å². The molecule has 2 aromatic rings. The maximum Gasteiger partial charge on any atom is 0.276 e. The molecule has 0 aliphatic rings. The molecule has 0 atom stereocenters.